The van der Waals surface area contributed by atoms with Crippen molar-refractivity contribution in [3.05, 3.63) is 0 Å². The summed E-state index contributed by atoms with van der Waals surface area (Å²) in [7, 11) is -4.17. The monoisotopic (exact) mass is 152 g/mol. The Morgan fingerprint density at radius 1 is 1.50 bits per heavy atom. The Morgan fingerprint density at radius 2 is 1.50 bits per heavy atom. The molecule has 0 aliphatic rings. The molecular formula is H3MnNO3S+2. The second-order valence-corrected chi connectivity index (χ2v) is 1.54. The van der Waals surface area contributed by atoms with Crippen LogP contribution in [-0.2, 0) is 27.4 Å². The third-order valence-electron chi connectivity index (χ3n) is 0. The summed E-state index contributed by atoms with van der Waals surface area (Å²) in [4.78, 5) is 0. The van der Waals surface area contributed by atoms with E-state index in [-0.39, 0.29) is 17.1 Å². The van der Waals surface area contributed by atoms with Crippen LogP contribution in [0.4, 0.5) is 0 Å². The van der Waals surface area contributed by atoms with Crippen molar-refractivity contribution in [1.29, 1.82) is 0 Å². The minimum absolute atomic E-state index is 0. The van der Waals surface area contributed by atoms with E-state index in [1.807, 2.05) is 0 Å². The van der Waals surface area contributed by atoms with Crippen molar-refractivity contribution >= 4 is 10.3 Å². The summed E-state index contributed by atoms with van der Waals surface area (Å²) >= 11 is 0. The zero-order valence-electron chi connectivity index (χ0n) is 2.63. The first-order valence-corrected chi connectivity index (χ1v) is 2.25. The van der Waals surface area contributed by atoms with E-state index in [0.717, 1.165) is 0 Å². The normalized spacial score (nSPS) is 9.67. The molecule has 6 heteroatoms. The van der Waals surface area contributed by atoms with Crippen LogP contribution in [0.2, 0.25) is 0 Å². The zero-order valence-corrected chi connectivity index (χ0v) is 4.62. The maximum atomic E-state index is 8.97. The molecule has 0 amide bonds. The Kier molecular flexibility index (Phi) is 4.08. The standard InChI is InChI=1S/Mn.H3NO3S/c;1-5(2,3)4/h;(H3,1,2,3,4)/q+2;. The Bertz CT molecular complexity index is 94.0. The minimum Gasteiger partial charge on any atom is -0.274 e. The van der Waals surface area contributed by atoms with Crippen LogP contribution >= 0.6 is 0 Å². The van der Waals surface area contributed by atoms with Crippen molar-refractivity contribution in [3.8, 4) is 0 Å². The first-order valence-electron chi connectivity index (χ1n) is 0.752. The average Bonchev–Trinajstić information content (AvgIpc) is 0.722. The summed E-state index contributed by atoms with van der Waals surface area (Å²) in [6.45, 7) is 0. The number of nitrogens with two attached hydrogens (primary N) is 1. The number of rotatable bonds is 0. The Balaban J connectivity index is 0. The van der Waals surface area contributed by atoms with Crippen LogP contribution in [-0.4, -0.2) is 13.0 Å². The van der Waals surface area contributed by atoms with Crippen LogP contribution in [0, 0.1) is 0 Å². The Morgan fingerprint density at radius 3 is 1.50 bits per heavy atom. The first-order chi connectivity index (χ1) is 2.00. The second kappa shape index (κ2) is 2.54. The van der Waals surface area contributed by atoms with Gasteiger partial charge in [-0.2, -0.15) is 8.42 Å². The molecule has 4 nitrogen and oxygen atoms in total. The van der Waals surface area contributed by atoms with Gasteiger partial charge in [0.05, 0.1) is 0 Å². The molecule has 1 radical (unpaired) electrons. The fraction of sp³-hybridized carbons (Fsp3) is 0. The molecule has 0 aliphatic heterocycles. The van der Waals surface area contributed by atoms with E-state index < -0.39 is 10.3 Å². The Labute approximate surface area is 46.1 Å². The van der Waals surface area contributed by atoms with Crippen molar-refractivity contribution in [3.63, 3.8) is 0 Å². The van der Waals surface area contributed by atoms with Crippen molar-refractivity contribution in [1.82, 2.24) is 0 Å². The van der Waals surface area contributed by atoms with Gasteiger partial charge in [-0.05, 0) is 0 Å². The molecule has 0 rings (SSSR count). The maximum absolute atomic E-state index is 8.97. The van der Waals surface area contributed by atoms with Gasteiger partial charge in [-0.3, -0.25) is 4.55 Å². The number of hydrogen-bond acceptors (Lipinski definition) is 2. The van der Waals surface area contributed by atoms with Gasteiger partial charge in [0.2, 0.25) is 0 Å². The van der Waals surface area contributed by atoms with Crippen LogP contribution in [0.25, 0.3) is 0 Å². The minimum atomic E-state index is -4.17. The molecule has 0 aromatic carbocycles. The Hall–Kier alpha value is 0.389. The van der Waals surface area contributed by atoms with Crippen molar-refractivity contribution < 1.29 is 30.0 Å². The summed E-state index contributed by atoms with van der Waals surface area (Å²) in [6.07, 6.45) is 0. The van der Waals surface area contributed by atoms with Crippen LogP contribution < -0.4 is 5.14 Å². The van der Waals surface area contributed by atoms with E-state index in [9.17, 15) is 0 Å². The largest absolute Gasteiger partial charge is 2.00 e. The first kappa shape index (κ1) is 9.63. The molecule has 0 spiro atoms. The molecule has 0 fully saturated rings. The van der Waals surface area contributed by atoms with E-state index >= 15 is 0 Å². The van der Waals surface area contributed by atoms with E-state index in [0.29, 0.717) is 0 Å². The molecule has 0 aromatic rings. The topological polar surface area (TPSA) is 80.4 Å². The van der Waals surface area contributed by atoms with Crippen molar-refractivity contribution in [2.45, 2.75) is 0 Å². The van der Waals surface area contributed by atoms with Crippen LogP contribution in [0.1, 0.15) is 0 Å². The summed E-state index contributed by atoms with van der Waals surface area (Å²) in [6, 6.07) is 0. The fourth-order valence-electron chi connectivity index (χ4n) is 0. The fourth-order valence-corrected chi connectivity index (χ4v) is 0. The van der Waals surface area contributed by atoms with E-state index in [1.54, 1.807) is 0 Å². The summed E-state index contributed by atoms with van der Waals surface area (Å²) in [5.41, 5.74) is 0. The molecule has 3 N–H and O–H groups in total. The summed E-state index contributed by atoms with van der Waals surface area (Å²) in [5.74, 6) is 0. The summed E-state index contributed by atoms with van der Waals surface area (Å²) in [5, 5.41) is 3.88. The van der Waals surface area contributed by atoms with Gasteiger partial charge in [0, 0.05) is 0 Å². The third kappa shape index (κ3) is 332. The maximum Gasteiger partial charge on any atom is 2.00 e. The van der Waals surface area contributed by atoms with Crippen LogP contribution in [0.5, 0.6) is 0 Å². The van der Waals surface area contributed by atoms with Gasteiger partial charge in [0.1, 0.15) is 0 Å². The van der Waals surface area contributed by atoms with Gasteiger partial charge in [-0.1, -0.05) is 0 Å². The molecule has 0 heterocycles. The molecule has 0 saturated carbocycles. The smallest absolute Gasteiger partial charge is 0.274 e. The molecule has 0 saturated heterocycles. The quantitative estimate of drug-likeness (QED) is 0.336. The predicted molar refractivity (Wildman–Crippen MR) is 15.7 cm³/mol. The molecule has 0 aromatic heterocycles. The third-order valence-corrected chi connectivity index (χ3v) is 0. The van der Waals surface area contributed by atoms with Crippen LogP contribution in [0.15, 0.2) is 0 Å². The zero-order chi connectivity index (χ0) is 4.50. The molecule has 0 aliphatic carbocycles. The van der Waals surface area contributed by atoms with Gasteiger partial charge in [0.15, 0.2) is 0 Å². The van der Waals surface area contributed by atoms with E-state index in [1.165, 1.54) is 0 Å². The van der Waals surface area contributed by atoms with Gasteiger partial charge < -0.3 is 0 Å². The molecule has 0 bridgehead atoms. The molecule has 37 valence electrons. The molecule has 0 unspecified atom stereocenters. The van der Waals surface area contributed by atoms with Gasteiger partial charge in [-0.25, -0.2) is 5.14 Å². The summed E-state index contributed by atoms with van der Waals surface area (Å²) < 4.78 is 25.2. The average molecular weight is 152 g/mol. The predicted octanol–water partition coefficient (Wildman–Crippen LogP) is -1.25. The van der Waals surface area contributed by atoms with Crippen molar-refractivity contribution in [2.24, 2.45) is 5.14 Å². The van der Waals surface area contributed by atoms with Crippen molar-refractivity contribution in [2.75, 3.05) is 0 Å². The molecule has 0 atom stereocenters. The molecule has 6 heavy (non-hydrogen) atoms. The van der Waals surface area contributed by atoms with E-state index in [4.69, 9.17) is 13.0 Å². The van der Waals surface area contributed by atoms with Gasteiger partial charge in [0.25, 0.3) is 0 Å². The second-order valence-electron chi connectivity index (χ2n) is 0.515. The molecular weight excluding hydrogens is 149 g/mol. The van der Waals surface area contributed by atoms with E-state index in [2.05, 4.69) is 5.14 Å². The number of hydrogen-bond donors (Lipinski definition) is 2. The SMILES string of the molecule is NS(=O)(=O)O.[Mn+2]. The van der Waals surface area contributed by atoms with Gasteiger partial charge in [-0.15, -0.1) is 0 Å². The van der Waals surface area contributed by atoms with Crippen LogP contribution in [0.3, 0.4) is 0 Å². The van der Waals surface area contributed by atoms with Gasteiger partial charge >= 0.3 is 27.4 Å².